The Morgan fingerprint density at radius 3 is 2.78 bits per heavy atom. The van der Waals surface area contributed by atoms with Crippen LogP contribution in [0.15, 0.2) is 54.7 Å². The summed E-state index contributed by atoms with van der Waals surface area (Å²) in [5.41, 5.74) is 3.44. The quantitative estimate of drug-likeness (QED) is 0.728. The minimum atomic E-state index is 0.284. The van der Waals surface area contributed by atoms with Gasteiger partial charge in [-0.2, -0.15) is 5.10 Å². The van der Waals surface area contributed by atoms with Crippen LogP contribution in [-0.4, -0.2) is 10.2 Å². The van der Waals surface area contributed by atoms with Crippen molar-refractivity contribution in [3.05, 3.63) is 60.3 Å². The molecule has 1 aromatic heterocycles. The first-order valence-corrected chi connectivity index (χ1v) is 6.07. The van der Waals surface area contributed by atoms with Crippen molar-refractivity contribution in [1.82, 2.24) is 10.2 Å². The average Bonchev–Trinajstić information content (AvgIpc) is 2.87. The van der Waals surface area contributed by atoms with E-state index in [4.69, 9.17) is 0 Å². The fourth-order valence-electron chi connectivity index (χ4n) is 2.10. The van der Waals surface area contributed by atoms with Crippen LogP contribution in [0.5, 0.6) is 0 Å². The first-order chi connectivity index (χ1) is 8.83. The number of fused-ring (bicyclic) bond motifs is 1. The Labute approximate surface area is 106 Å². The van der Waals surface area contributed by atoms with E-state index >= 15 is 0 Å². The van der Waals surface area contributed by atoms with Gasteiger partial charge in [0.1, 0.15) is 0 Å². The molecule has 0 fully saturated rings. The molecule has 1 atom stereocenters. The molecule has 0 amide bonds. The summed E-state index contributed by atoms with van der Waals surface area (Å²) in [5, 5.41) is 11.6. The lowest BCUT2D eigenvalue weighted by Crippen LogP contribution is -2.06. The van der Waals surface area contributed by atoms with Gasteiger partial charge < -0.3 is 5.32 Å². The number of hydrogen-bond donors (Lipinski definition) is 2. The highest BCUT2D eigenvalue weighted by molar-refractivity contribution is 5.81. The minimum Gasteiger partial charge on any atom is -0.378 e. The van der Waals surface area contributed by atoms with Crippen LogP contribution in [0.25, 0.3) is 10.9 Å². The van der Waals surface area contributed by atoms with Crippen molar-refractivity contribution in [3.63, 3.8) is 0 Å². The maximum Gasteiger partial charge on any atom is 0.0670 e. The van der Waals surface area contributed by atoms with E-state index < -0.39 is 0 Å². The number of aromatic amines is 1. The second kappa shape index (κ2) is 4.53. The van der Waals surface area contributed by atoms with Crippen LogP contribution in [0.1, 0.15) is 18.5 Å². The van der Waals surface area contributed by atoms with E-state index in [1.807, 2.05) is 12.3 Å². The molecular weight excluding hydrogens is 222 g/mol. The Balaban J connectivity index is 1.83. The van der Waals surface area contributed by atoms with Gasteiger partial charge in [0.15, 0.2) is 0 Å². The van der Waals surface area contributed by atoms with Gasteiger partial charge >= 0.3 is 0 Å². The van der Waals surface area contributed by atoms with Gasteiger partial charge in [0.25, 0.3) is 0 Å². The van der Waals surface area contributed by atoms with Gasteiger partial charge in [0, 0.05) is 17.1 Å². The van der Waals surface area contributed by atoms with Crippen molar-refractivity contribution in [2.75, 3.05) is 5.32 Å². The summed E-state index contributed by atoms with van der Waals surface area (Å²) in [6.07, 6.45) is 1.83. The zero-order valence-electron chi connectivity index (χ0n) is 10.2. The van der Waals surface area contributed by atoms with Gasteiger partial charge in [-0.25, -0.2) is 0 Å². The maximum absolute atomic E-state index is 4.03. The third kappa shape index (κ3) is 2.07. The van der Waals surface area contributed by atoms with Crippen LogP contribution in [0, 0.1) is 0 Å². The summed E-state index contributed by atoms with van der Waals surface area (Å²) in [7, 11) is 0. The maximum atomic E-state index is 4.03. The van der Waals surface area contributed by atoms with Gasteiger partial charge in [-0.15, -0.1) is 0 Å². The molecule has 3 nitrogen and oxygen atoms in total. The molecule has 2 aromatic carbocycles. The van der Waals surface area contributed by atoms with E-state index in [9.17, 15) is 0 Å². The lowest BCUT2D eigenvalue weighted by molar-refractivity contribution is 0.885. The molecule has 0 radical (unpaired) electrons. The highest BCUT2D eigenvalue weighted by Gasteiger charge is 2.05. The number of nitrogens with zero attached hydrogens (tertiary/aromatic N) is 1. The summed E-state index contributed by atoms with van der Waals surface area (Å²) >= 11 is 0. The van der Waals surface area contributed by atoms with Crippen molar-refractivity contribution in [3.8, 4) is 0 Å². The number of anilines is 1. The van der Waals surface area contributed by atoms with Gasteiger partial charge in [-0.05, 0) is 30.7 Å². The lowest BCUT2D eigenvalue weighted by atomic mass is 10.1. The molecule has 0 spiro atoms. The first kappa shape index (κ1) is 10.8. The molecule has 3 heteroatoms. The zero-order chi connectivity index (χ0) is 12.4. The van der Waals surface area contributed by atoms with Crippen LogP contribution in [0.3, 0.4) is 0 Å². The molecule has 0 aliphatic heterocycles. The van der Waals surface area contributed by atoms with Crippen molar-refractivity contribution in [2.45, 2.75) is 13.0 Å². The van der Waals surface area contributed by atoms with Crippen LogP contribution in [-0.2, 0) is 0 Å². The Hall–Kier alpha value is -2.29. The molecule has 0 aliphatic rings. The van der Waals surface area contributed by atoms with E-state index in [0.29, 0.717) is 0 Å². The topological polar surface area (TPSA) is 40.7 Å². The van der Waals surface area contributed by atoms with E-state index in [2.05, 4.69) is 64.9 Å². The van der Waals surface area contributed by atoms with Crippen molar-refractivity contribution in [1.29, 1.82) is 0 Å². The summed E-state index contributed by atoms with van der Waals surface area (Å²) in [4.78, 5) is 0. The normalized spacial score (nSPS) is 12.5. The molecule has 2 N–H and O–H groups in total. The third-order valence-corrected chi connectivity index (χ3v) is 3.12. The minimum absolute atomic E-state index is 0.284. The first-order valence-electron chi connectivity index (χ1n) is 6.07. The van der Waals surface area contributed by atoms with E-state index in [1.54, 1.807) is 0 Å². The second-order valence-electron chi connectivity index (χ2n) is 4.45. The van der Waals surface area contributed by atoms with Gasteiger partial charge in [-0.1, -0.05) is 30.3 Å². The summed E-state index contributed by atoms with van der Waals surface area (Å²) in [6.45, 7) is 2.16. The number of hydrogen-bond acceptors (Lipinski definition) is 2. The summed E-state index contributed by atoms with van der Waals surface area (Å²) in [5.74, 6) is 0. The number of benzene rings is 2. The van der Waals surface area contributed by atoms with Gasteiger partial charge in [0.05, 0.1) is 11.7 Å². The second-order valence-corrected chi connectivity index (χ2v) is 4.45. The highest BCUT2D eigenvalue weighted by Crippen LogP contribution is 2.22. The SMILES string of the molecule is CC(Nc1ccc2cn[nH]c2c1)c1ccccc1. The molecule has 1 unspecified atom stereocenters. The van der Waals surface area contributed by atoms with E-state index in [-0.39, 0.29) is 6.04 Å². The van der Waals surface area contributed by atoms with E-state index in [1.165, 1.54) is 5.56 Å². The number of aromatic nitrogens is 2. The molecular formula is C15H15N3. The summed E-state index contributed by atoms with van der Waals surface area (Å²) in [6, 6.07) is 16.9. The van der Waals surface area contributed by atoms with Crippen molar-refractivity contribution in [2.24, 2.45) is 0 Å². The number of nitrogens with one attached hydrogen (secondary N) is 2. The molecule has 3 rings (SSSR count). The lowest BCUT2D eigenvalue weighted by Gasteiger charge is -2.15. The van der Waals surface area contributed by atoms with Crippen molar-refractivity contribution >= 4 is 16.6 Å². The molecule has 18 heavy (non-hydrogen) atoms. The van der Waals surface area contributed by atoms with Crippen LogP contribution < -0.4 is 5.32 Å². The van der Waals surface area contributed by atoms with Crippen LogP contribution >= 0.6 is 0 Å². The predicted octanol–water partition coefficient (Wildman–Crippen LogP) is 3.74. The third-order valence-electron chi connectivity index (χ3n) is 3.12. The molecule has 0 saturated carbocycles. The van der Waals surface area contributed by atoms with Gasteiger partial charge in [0.2, 0.25) is 0 Å². The molecule has 90 valence electrons. The molecule has 0 saturated heterocycles. The molecule has 3 aromatic rings. The Bertz CT molecular complexity index is 643. The van der Waals surface area contributed by atoms with Crippen LogP contribution in [0.4, 0.5) is 5.69 Å². The molecule has 0 bridgehead atoms. The Morgan fingerprint density at radius 1 is 1.11 bits per heavy atom. The van der Waals surface area contributed by atoms with E-state index in [0.717, 1.165) is 16.6 Å². The smallest absolute Gasteiger partial charge is 0.0670 e. The molecule has 0 aliphatic carbocycles. The van der Waals surface area contributed by atoms with Gasteiger partial charge in [-0.3, -0.25) is 5.10 Å². The molecule has 1 heterocycles. The Morgan fingerprint density at radius 2 is 1.94 bits per heavy atom. The fourth-order valence-corrected chi connectivity index (χ4v) is 2.10. The zero-order valence-corrected chi connectivity index (χ0v) is 10.2. The predicted molar refractivity (Wildman–Crippen MR) is 74.6 cm³/mol. The standard InChI is InChI=1S/C15H15N3/c1-11(12-5-3-2-4-6-12)17-14-8-7-13-10-16-18-15(13)9-14/h2-11,17H,1H3,(H,16,18). The number of rotatable bonds is 3. The monoisotopic (exact) mass is 237 g/mol. The van der Waals surface area contributed by atoms with Crippen LogP contribution in [0.2, 0.25) is 0 Å². The largest absolute Gasteiger partial charge is 0.378 e. The average molecular weight is 237 g/mol. The Kier molecular flexibility index (Phi) is 2.73. The summed E-state index contributed by atoms with van der Waals surface area (Å²) < 4.78 is 0. The fraction of sp³-hybridized carbons (Fsp3) is 0.133. The highest BCUT2D eigenvalue weighted by atomic mass is 15.1. The van der Waals surface area contributed by atoms with Crippen molar-refractivity contribution < 1.29 is 0 Å². The number of H-pyrrole nitrogens is 1.